The smallest absolute Gasteiger partial charge is 0.275 e. The van der Waals surface area contributed by atoms with Crippen molar-refractivity contribution in [3.05, 3.63) is 45.9 Å². The van der Waals surface area contributed by atoms with E-state index in [0.717, 1.165) is 16.1 Å². The summed E-state index contributed by atoms with van der Waals surface area (Å²) in [5.41, 5.74) is 4.17. The molecule has 0 saturated carbocycles. The Morgan fingerprint density at radius 3 is 2.53 bits per heavy atom. The van der Waals surface area contributed by atoms with Crippen LogP contribution in [0.2, 0.25) is 0 Å². The second-order valence-electron chi connectivity index (χ2n) is 5.51. The summed E-state index contributed by atoms with van der Waals surface area (Å²) >= 11 is 1.48. The number of nitrogens with one attached hydrogen (secondary N) is 1. The Balaban J connectivity index is 2.30. The normalized spacial score (nSPS) is 11.4. The number of carbonyl (C=O) groups excluding carboxylic acids is 1. The van der Waals surface area contributed by atoms with Gasteiger partial charge in [-0.2, -0.15) is 0 Å². The van der Waals surface area contributed by atoms with E-state index in [1.54, 1.807) is 5.51 Å². The molecule has 1 amide bonds. The van der Waals surface area contributed by atoms with Crippen molar-refractivity contribution >= 4 is 22.9 Å². The van der Waals surface area contributed by atoms with Crippen LogP contribution in [0.15, 0.2) is 29.8 Å². The lowest BCUT2D eigenvalue weighted by Gasteiger charge is -2.22. The highest BCUT2D eigenvalue weighted by atomic mass is 32.1. The maximum Gasteiger partial charge on any atom is 0.275 e. The van der Waals surface area contributed by atoms with Gasteiger partial charge in [0.05, 0.1) is 5.51 Å². The maximum atomic E-state index is 12.2. The first-order valence-corrected chi connectivity index (χ1v) is 7.08. The maximum absolute atomic E-state index is 12.2. The molecular weight excluding hydrogens is 256 g/mol. The highest BCUT2D eigenvalue weighted by Gasteiger charge is 2.20. The van der Waals surface area contributed by atoms with Crippen LogP contribution in [0.4, 0.5) is 5.69 Å². The van der Waals surface area contributed by atoms with Crippen molar-refractivity contribution in [1.29, 1.82) is 0 Å². The van der Waals surface area contributed by atoms with E-state index in [-0.39, 0.29) is 11.3 Å². The number of hydrogen-bond donors (Lipinski definition) is 1. The first-order chi connectivity index (χ1) is 8.89. The Labute approximate surface area is 117 Å². The van der Waals surface area contributed by atoms with Gasteiger partial charge in [0.2, 0.25) is 0 Å². The number of rotatable bonds is 2. The molecule has 0 bridgehead atoms. The molecule has 0 fully saturated rings. The lowest BCUT2D eigenvalue weighted by molar-refractivity contribution is 0.102. The van der Waals surface area contributed by atoms with Crippen LogP contribution in [-0.4, -0.2) is 10.9 Å². The molecule has 0 atom stereocenters. The van der Waals surface area contributed by atoms with Gasteiger partial charge < -0.3 is 5.32 Å². The van der Waals surface area contributed by atoms with E-state index >= 15 is 0 Å². The third kappa shape index (κ3) is 3.01. The number of benzene rings is 1. The van der Waals surface area contributed by atoms with E-state index in [4.69, 9.17) is 0 Å². The molecular formula is C15H18N2OS. The second-order valence-corrected chi connectivity index (χ2v) is 6.57. The number of hydrogen-bond acceptors (Lipinski definition) is 3. The minimum absolute atomic E-state index is 0.0129. The fourth-order valence-corrected chi connectivity index (χ4v) is 2.52. The molecule has 1 aromatic heterocycles. The van der Waals surface area contributed by atoms with Gasteiger partial charge in [-0.1, -0.05) is 39.0 Å². The first kappa shape index (κ1) is 13.7. The molecule has 1 heterocycles. The minimum Gasteiger partial charge on any atom is -0.320 e. The van der Waals surface area contributed by atoms with Crippen LogP contribution in [0.25, 0.3) is 0 Å². The quantitative estimate of drug-likeness (QED) is 0.899. The predicted octanol–water partition coefficient (Wildman–Crippen LogP) is 4.00. The lowest BCUT2D eigenvalue weighted by atomic mass is 9.86. The van der Waals surface area contributed by atoms with Gasteiger partial charge in [0.25, 0.3) is 5.91 Å². The van der Waals surface area contributed by atoms with E-state index in [0.29, 0.717) is 5.69 Å². The van der Waals surface area contributed by atoms with E-state index in [1.165, 1.54) is 11.3 Å². The number of carbonyl (C=O) groups is 1. The van der Waals surface area contributed by atoms with Crippen molar-refractivity contribution in [2.24, 2.45) is 0 Å². The average Bonchev–Trinajstić information content (AvgIpc) is 2.75. The van der Waals surface area contributed by atoms with Crippen LogP contribution in [0.3, 0.4) is 0 Å². The van der Waals surface area contributed by atoms with Crippen LogP contribution >= 0.6 is 11.3 Å². The van der Waals surface area contributed by atoms with Gasteiger partial charge >= 0.3 is 0 Å². The highest BCUT2D eigenvalue weighted by molar-refractivity contribution is 7.09. The summed E-state index contributed by atoms with van der Waals surface area (Å²) < 4.78 is 0. The predicted molar refractivity (Wildman–Crippen MR) is 79.9 cm³/mol. The zero-order valence-electron chi connectivity index (χ0n) is 11.7. The summed E-state index contributed by atoms with van der Waals surface area (Å²) in [6.45, 7) is 8.30. The molecule has 0 radical (unpaired) electrons. The van der Waals surface area contributed by atoms with Gasteiger partial charge in [-0.3, -0.25) is 4.79 Å². The summed E-state index contributed by atoms with van der Waals surface area (Å²) in [7, 11) is 0. The monoisotopic (exact) mass is 274 g/mol. The van der Waals surface area contributed by atoms with Crippen molar-refractivity contribution in [3.8, 4) is 0 Å². The van der Waals surface area contributed by atoms with Crippen LogP contribution in [0, 0.1) is 6.92 Å². The summed E-state index contributed by atoms with van der Waals surface area (Å²) in [5, 5.41) is 2.97. The number of aryl methyl sites for hydroxylation is 1. The number of aromatic nitrogens is 1. The van der Waals surface area contributed by atoms with Gasteiger partial charge in [0.1, 0.15) is 5.69 Å². The second kappa shape index (κ2) is 5.13. The highest BCUT2D eigenvalue weighted by Crippen LogP contribution is 2.29. The molecule has 0 aliphatic heterocycles. The van der Waals surface area contributed by atoms with Crippen LogP contribution in [0.1, 0.15) is 41.7 Å². The number of amides is 1. The average molecular weight is 274 g/mol. The van der Waals surface area contributed by atoms with Crippen molar-refractivity contribution in [2.75, 3.05) is 5.32 Å². The largest absolute Gasteiger partial charge is 0.320 e. The molecule has 100 valence electrons. The Bertz CT molecular complexity index is 596. The van der Waals surface area contributed by atoms with Gasteiger partial charge in [0, 0.05) is 10.6 Å². The molecule has 19 heavy (non-hydrogen) atoms. The van der Waals surface area contributed by atoms with Gasteiger partial charge in [-0.15, -0.1) is 11.3 Å². The van der Waals surface area contributed by atoms with E-state index in [2.05, 4.69) is 31.1 Å². The number of nitrogens with zero attached hydrogens (tertiary/aromatic N) is 1. The molecule has 2 aromatic rings. The molecule has 2 rings (SSSR count). The summed E-state index contributed by atoms with van der Waals surface area (Å²) in [6.07, 6.45) is 0. The molecule has 0 spiro atoms. The summed E-state index contributed by atoms with van der Waals surface area (Å²) in [6, 6.07) is 7.90. The molecule has 0 unspecified atom stereocenters. The molecule has 0 aliphatic rings. The fourth-order valence-electron chi connectivity index (χ4n) is 1.95. The van der Waals surface area contributed by atoms with E-state index < -0.39 is 0 Å². The van der Waals surface area contributed by atoms with Crippen molar-refractivity contribution < 1.29 is 4.79 Å². The SMILES string of the molecule is Cc1scnc1C(=O)Nc1ccccc1C(C)(C)C. The van der Waals surface area contributed by atoms with Crippen molar-refractivity contribution in [2.45, 2.75) is 33.1 Å². The Kier molecular flexibility index (Phi) is 3.71. The van der Waals surface area contributed by atoms with E-state index in [9.17, 15) is 4.79 Å². The Hall–Kier alpha value is -1.68. The number of thiazole rings is 1. The van der Waals surface area contributed by atoms with Gasteiger partial charge in [0.15, 0.2) is 0 Å². The van der Waals surface area contributed by atoms with Gasteiger partial charge in [-0.05, 0) is 24.0 Å². The molecule has 1 aromatic carbocycles. The summed E-state index contributed by atoms with van der Waals surface area (Å²) in [5.74, 6) is -0.143. The number of anilines is 1. The number of para-hydroxylation sites is 1. The fraction of sp³-hybridized carbons (Fsp3) is 0.333. The topological polar surface area (TPSA) is 42.0 Å². The van der Waals surface area contributed by atoms with E-state index in [1.807, 2.05) is 31.2 Å². The third-order valence-corrected chi connectivity index (χ3v) is 3.70. The molecule has 3 nitrogen and oxygen atoms in total. The standard InChI is InChI=1S/C15H18N2OS/c1-10-13(16-9-19-10)14(18)17-12-8-6-5-7-11(12)15(2,3)4/h5-9H,1-4H3,(H,17,18). The third-order valence-electron chi connectivity index (χ3n) is 2.94. The minimum atomic E-state index is -0.143. The van der Waals surface area contributed by atoms with Crippen LogP contribution in [0.5, 0.6) is 0 Å². The molecule has 0 aliphatic carbocycles. The van der Waals surface area contributed by atoms with Crippen molar-refractivity contribution in [3.63, 3.8) is 0 Å². The van der Waals surface area contributed by atoms with Crippen LogP contribution in [-0.2, 0) is 5.41 Å². The summed E-state index contributed by atoms with van der Waals surface area (Å²) in [4.78, 5) is 17.3. The van der Waals surface area contributed by atoms with Gasteiger partial charge in [-0.25, -0.2) is 4.98 Å². The molecule has 0 saturated heterocycles. The zero-order valence-corrected chi connectivity index (χ0v) is 12.5. The Morgan fingerprint density at radius 1 is 1.26 bits per heavy atom. The molecule has 4 heteroatoms. The zero-order chi connectivity index (χ0) is 14.0. The Morgan fingerprint density at radius 2 is 1.95 bits per heavy atom. The molecule has 1 N–H and O–H groups in total. The first-order valence-electron chi connectivity index (χ1n) is 6.20. The van der Waals surface area contributed by atoms with Crippen molar-refractivity contribution in [1.82, 2.24) is 4.98 Å². The lowest BCUT2D eigenvalue weighted by Crippen LogP contribution is -2.19. The van der Waals surface area contributed by atoms with Crippen LogP contribution < -0.4 is 5.32 Å².